The number of benzene rings is 1. The van der Waals surface area contributed by atoms with Crippen LogP contribution in [0.5, 0.6) is 0 Å². The van der Waals surface area contributed by atoms with Crippen LogP contribution in [0.4, 0.5) is 10.1 Å². The summed E-state index contributed by atoms with van der Waals surface area (Å²) >= 11 is 11.3. The zero-order chi connectivity index (χ0) is 13.4. The number of hydrogen-bond acceptors (Lipinski definition) is 2. The lowest BCUT2D eigenvalue weighted by Gasteiger charge is -2.31. The standard InChI is InChI=1S/C11H9Cl2FN2O2/c1-5-11(18)16(4-9(17)15-5)6-2-7(12)10(14)8(13)3-6/h2-3,5H,4H2,1H3,(H,15,17). The molecule has 0 spiro atoms. The van der Waals surface area contributed by atoms with Gasteiger partial charge in [-0.3, -0.25) is 9.59 Å². The molecule has 1 aliphatic heterocycles. The van der Waals surface area contributed by atoms with Crippen molar-refractivity contribution in [2.75, 3.05) is 11.4 Å². The van der Waals surface area contributed by atoms with Gasteiger partial charge < -0.3 is 10.2 Å². The van der Waals surface area contributed by atoms with Gasteiger partial charge in [0, 0.05) is 5.69 Å². The molecule has 0 radical (unpaired) electrons. The zero-order valence-corrected chi connectivity index (χ0v) is 10.8. The minimum atomic E-state index is -0.746. The van der Waals surface area contributed by atoms with E-state index in [1.54, 1.807) is 6.92 Å². The summed E-state index contributed by atoms with van der Waals surface area (Å²) in [6.45, 7) is 1.43. The number of amides is 2. The number of halogens is 3. The Morgan fingerprint density at radius 1 is 1.33 bits per heavy atom. The van der Waals surface area contributed by atoms with Crippen molar-refractivity contribution in [3.05, 3.63) is 28.0 Å². The van der Waals surface area contributed by atoms with Crippen molar-refractivity contribution in [3.63, 3.8) is 0 Å². The van der Waals surface area contributed by atoms with Gasteiger partial charge in [0.05, 0.1) is 10.0 Å². The van der Waals surface area contributed by atoms with Crippen molar-refractivity contribution >= 4 is 40.7 Å². The van der Waals surface area contributed by atoms with Crippen LogP contribution in [0.3, 0.4) is 0 Å². The number of rotatable bonds is 1. The number of carbonyl (C=O) groups is 2. The summed E-state index contributed by atoms with van der Waals surface area (Å²) in [7, 11) is 0. The predicted octanol–water partition coefficient (Wildman–Crippen LogP) is 1.98. The van der Waals surface area contributed by atoms with E-state index in [0.29, 0.717) is 5.69 Å². The molecule has 0 aliphatic carbocycles. The summed E-state index contributed by atoms with van der Waals surface area (Å²) in [6.07, 6.45) is 0. The lowest BCUT2D eigenvalue weighted by molar-refractivity contribution is -0.130. The van der Waals surface area contributed by atoms with E-state index < -0.39 is 11.9 Å². The van der Waals surface area contributed by atoms with Crippen molar-refractivity contribution in [1.29, 1.82) is 0 Å². The Hall–Kier alpha value is -1.33. The lowest BCUT2D eigenvalue weighted by atomic mass is 10.2. The van der Waals surface area contributed by atoms with Crippen molar-refractivity contribution < 1.29 is 14.0 Å². The van der Waals surface area contributed by atoms with Crippen LogP contribution in [-0.2, 0) is 9.59 Å². The minimum absolute atomic E-state index is 0.137. The molecule has 18 heavy (non-hydrogen) atoms. The van der Waals surface area contributed by atoms with Crippen molar-refractivity contribution in [2.24, 2.45) is 0 Å². The first-order chi connectivity index (χ1) is 8.40. The molecule has 1 fully saturated rings. The topological polar surface area (TPSA) is 49.4 Å². The Labute approximate surface area is 113 Å². The van der Waals surface area contributed by atoms with Crippen molar-refractivity contribution in [2.45, 2.75) is 13.0 Å². The van der Waals surface area contributed by atoms with Crippen LogP contribution in [0.2, 0.25) is 10.0 Å². The van der Waals surface area contributed by atoms with Gasteiger partial charge in [0.15, 0.2) is 5.82 Å². The fraction of sp³-hybridized carbons (Fsp3) is 0.273. The van der Waals surface area contributed by atoms with Gasteiger partial charge in [-0.25, -0.2) is 4.39 Å². The van der Waals surface area contributed by atoms with Gasteiger partial charge in [0.1, 0.15) is 12.6 Å². The predicted molar refractivity (Wildman–Crippen MR) is 66.4 cm³/mol. The molecule has 7 heteroatoms. The highest BCUT2D eigenvalue weighted by atomic mass is 35.5. The first-order valence-corrected chi connectivity index (χ1v) is 5.91. The number of nitrogens with one attached hydrogen (secondary N) is 1. The molecular weight excluding hydrogens is 282 g/mol. The molecule has 1 atom stereocenters. The summed E-state index contributed by atoms with van der Waals surface area (Å²) in [4.78, 5) is 24.5. The first-order valence-electron chi connectivity index (χ1n) is 5.15. The van der Waals surface area contributed by atoms with Gasteiger partial charge in [0.2, 0.25) is 11.8 Å². The Morgan fingerprint density at radius 3 is 2.44 bits per heavy atom. The zero-order valence-electron chi connectivity index (χ0n) is 9.34. The maximum atomic E-state index is 13.3. The van der Waals surface area contributed by atoms with Gasteiger partial charge in [-0.1, -0.05) is 23.2 Å². The normalized spacial score (nSPS) is 20.0. The maximum Gasteiger partial charge on any atom is 0.249 e. The van der Waals surface area contributed by atoms with Gasteiger partial charge >= 0.3 is 0 Å². The van der Waals surface area contributed by atoms with E-state index in [2.05, 4.69) is 5.32 Å². The highest BCUT2D eigenvalue weighted by molar-refractivity contribution is 6.35. The van der Waals surface area contributed by atoms with E-state index in [0.717, 1.165) is 0 Å². The average Bonchev–Trinajstić information content (AvgIpc) is 2.30. The Morgan fingerprint density at radius 2 is 1.89 bits per heavy atom. The summed E-state index contributed by atoms with van der Waals surface area (Å²) in [5, 5.41) is 2.12. The van der Waals surface area contributed by atoms with Crippen LogP contribution in [-0.4, -0.2) is 24.4 Å². The molecule has 1 aromatic rings. The van der Waals surface area contributed by atoms with E-state index in [9.17, 15) is 14.0 Å². The molecule has 0 saturated carbocycles. The van der Waals surface area contributed by atoms with E-state index in [-0.39, 0.29) is 28.4 Å². The van der Waals surface area contributed by atoms with E-state index in [1.165, 1.54) is 17.0 Å². The molecule has 1 heterocycles. The smallest absolute Gasteiger partial charge is 0.249 e. The van der Waals surface area contributed by atoms with Crippen LogP contribution in [0.25, 0.3) is 0 Å². The van der Waals surface area contributed by atoms with Crippen LogP contribution < -0.4 is 10.2 Å². The molecule has 1 aliphatic rings. The van der Waals surface area contributed by atoms with Gasteiger partial charge in [-0.2, -0.15) is 0 Å². The van der Waals surface area contributed by atoms with Crippen molar-refractivity contribution in [3.8, 4) is 0 Å². The summed E-state index contributed by atoms with van der Waals surface area (Å²) in [5.41, 5.74) is 0.304. The molecule has 2 rings (SSSR count). The second kappa shape index (κ2) is 4.74. The van der Waals surface area contributed by atoms with Gasteiger partial charge in [-0.05, 0) is 19.1 Å². The third kappa shape index (κ3) is 2.28. The highest BCUT2D eigenvalue weighted by Gasteiger charge is 2.31. The monoisotopic (exact) mass is 290 g/mol. The lowest BCUT2D eigenvalue weighted by Crippen LogP contribution is -2.57. The molecule has 1 N–H and O–H groups in total. The maximum absolute atomic E-state index is 13.3. The fourth-order valence-corrected chi connectivity index (χ4v) is 2.20. The van der Waals surface area contributed by atoms with E-state index in [4.69, 9.17) is 23.2 Å². The van der Waals surface area contributed by atoms with Crippen LogP contribution in [0, 0.1) is 5.82 Å². The third-order valence-electron chi connectivity index (χ3n) is 2.60. The molecular formula is C11H9Cl2FN2O2. The molecule has 1 unspecified atom stereocenters. The molecule has 4 nitrogen and oxygen atoms in total. The Bertz CT molecular complexity index is 513. The number of piperazine rings is 1. The molecule has 1 saturated heterocycles. The minimum Gasteiger partial charge on any atom is -0.343 e. The first kappa shape index (κ1) is 13.1. The van der Waals surface area contributed by atoms with Crippen molar-refractivity contribution in [1.82, 2.24) is 5.32 Å². The Balaban J connectivity index is 2.41. The quantitative estimate of drug-likeness (QED) is 0.804. The highest BCUT2D eigenvalue weighted by Crippen LogP contribution is 2.30. The van der Waals surface area contributed by atoms with Crippen LogP contribution in [0.15, 0.2) is 12.1 Å². The number of hydrogen-bond donors (Lipinski definition) is 1. The summed E-state index contributed by atoms with van der Waals surface area (Å²) in [5.74, 6) is -1.34. The second-order valence-corrected chi connectivity index (χ2v) is 4.75. The number of anilines is 1. The fourth-order valence-electron chi connectivity index (χ4n) is 1.72. The summed E-state index contributed by atoms with van der Waals surface area (Å²) < 4.78 is 13.3. The van der Waals surface area contributed by atoms with Crippen LogP contribution >= 0.6 is 23.2 Å². The van der Waals surface area contributed by atoms with Gasteiger partial charge in [-0.15, -0.1) is 0 Å². The summed E-state index contributed by atoms with van der Waals surface area (Å²) in [6, 6.07) is 1.91. The largest absolute Gasteiger partial charge is 0.343 e. The van der Waals surface area contributed by atoms with Gasteiger partial charge in [0.25, 0.3) is 0 Å². The second-order valence-electron chi connectivity index (χ2n) is 3.94. The number of nitrogens with zero attached hydrogens (tertiary/aromatic N) is 1. The van der Waals surface area contributed by atoms with E-state index >= 15 is 0 Å². The average molecular weight is 291 g/mol. The Kier molecular flexibility index (Phi) is 3.45. The number of carbonyl (C=O) groups excluding carboxylic acids is 2. The third-order valence-corrected chi connectivity index (χ3v) is 3.15. The van der Waals surface area contributed by atoms with E-state index in [1.807, 2.05) is 0 Å². The molecule has 96 valence electrons. The molecule has 0 aromatic heterocycles. The molecule has 0 bridgehead atoms. The SMILES string of the molecule is CC1NC(=O)CN(c2cc(Cl)c(F)c(Cl)c2)C1=O. The van der Waals surface area contributed by atoms with Crippen LogP contribution in [0.1, 0.15) is 6.92 Å². The molecule has 2 amide bonds. The molecule has 1 aromatic carbocycles.